The van der Waals surface area contributed by atoms with Crippen LogP contribution in [0.5, 0.6) is 17.2 Å². The summed E-state index contributed by atoms with van der Waals surface area (Å²) in [6.45, 7) is 1.11. The van der Waals surface area contributed by atoms with Crippen LogP contribution in [0.1, 0.15) is 39.9 Å². The van der Waals surface area contributed by atoms with Gasteiger partial charge in [-0.05, 0) is 0 Å². The van der Waals surface area contributed by atoms with E-state index in [-0.39, 0.29) is 57.4 Å². The molecule has 16 heteroatoms. The van der Waals surface area contributed by atoms with Gasteiger partial charge in [-0.1, -0.05) is 21.9 Å². The van der Waals surface area contributed by atoms with Crippen molar-refractivity contribution in [3.63, 3.8) is 0 Å². The fraction of sp³-hybridized carbons (Fsp3) is 0.400. The molecule has 8 radical (unpaired) electrons. The summed E-state index contributed by atoms with van der Waals surface area (Å²) in [6, 6.07) is 0. The van der Waals surface area contributed by atoms with Gasteiger partial charge in [0.15, 0.2) is 11.6 Å². The summed E-state index contributed by atoms with van der Waals surface area (Å²) in [4.78, 5) is 40.1. The van der Waals surface area contributed by atoms with E-state index in [1.54, 1.807) is 0 Å². The summed E-state index contributed by atoms with van der Waals surface area (Å²) >= 11 is 0. The molecule has 1 unspecified atom stereocenters. The second-order valence-corrected chi connectivity index (χ2v) is 10.1. The summed E-state index contributed by atoms with van der Waals surface area (Å²) < 4.78 is 26.5. The van der Waals surface area contributed by atoms with Gasteiger partial charge >= 0.3 is 0 Å². The van der Waals surface area contributed by atoms with Gasteiger partial charge in [0, 0.05) is 49.2 Å². The van der Waals surface area contributed by atoms with Crippen LogP contribution in [-0.2, 0) is 34.0 Å². The number of rotatable bonds is 6. The molecule has 2 fully saturated rings. The van der Waals surface area contributed by atoms with Gasteiger partial charge in [-0.2, -0.15) is 0 Å². The Morgan fingerprint density at radius 2 is 1.63 bits per heavy atom. The number of fused-ring (bicyclic) bond motifs is 1. The predicted molar refractivity (Wildman–Crippen MR) is 145 cm³/mol. The Bertz CT molecular complexity index is 1460. The number of carbonyl (C=O) groups excluding carboxylic acids is 3. The van der Waals surface area contributed by atoms with Crippen molar-refractivity contribution in [2.75, 3.05) is 26.3 Å². The maximum atomic E-state index is 15.4. The summed E-state index contributed by atoms with van der Waals surface area (Å²) in [6.07, 6.45) is -0.636. The zero-order valence-corrected chi connectivity index (χ0v) is 21.8. The fourth-order valence-electron chi connectivity index (χ4n) is 5.24. The molecule has 41 heavy (non-hydrogen) atoms. The van der Waals surface area contributed by atoms with E-state index >= 15 is 4.39 Å². The number of nitrogens with zero attached hydrogens (tertiary/aromatic N) is 2. The first-order valence-corrected chi connectivity index (χ1v) is 12.7. The summed E-state index contributed by atoms with van der Waals surface area (Å²) in [5, 5.41) is 34.3. The lowest BCUT2D eigenvalue weighted by Crippen LogP contribution is -2.63. The predicted octanol–water partition coefficient (Wildman–Crippen LogP) is -4.10. The Hall–Kier alpha value is -3.48. The molecule has 3 amide bonds. The van der Waals surface area contributed by atoms with Crippen molar-refractivity contribution in [2.45, 2.75) is 38.3 Å². The maximum Gasteiger partial charge on any atom is 0.279 e. The first kappa shape index (κ1) is 29.0. The number of aliphatic hydroxyl groups is 1. The van der Waals surface area contributed by atoms with E-state index in [1.165, 1.54) is 0 Å². The van der Waals surface area contributed by atoms with Crippen molar-refractivity contribution in [2.24, 2.45) is 0 Å². The number of piperidine rings is 1. The summed E-state index contributed by atoms with van der Waals surface area (Å²) in [5.74, 6) is -5.42. The van der Waals surface area contributed by atoms with Crippen LogP contribution in [0.25, 0.3) is 0 Å². The highest BCUT2D eigenvalue weighted by Crippen LogP contribution is 2.39. The Morgan fingerprint density at radius 1 is 0.976 bits per heavy atom. The molecule has 2 saturated heterocycles. The molecule has 3 aliphatic heterocycles. The monoisotopic (exact) mass is 555 g/mol. The number of amides is 3. The zero-order valence-electron chi connectivity index (χ0n) is 21.8. The van der Waals surface area contributed by atoms with E-state index in [1.807, 2.05) is 10.2 Å². The highest BCUT2D eigenvalue weighted by atomic mass is 19.1. The van der Waals surface area contributed by atoms with Gasteiger partial charge < -0.3 is 24.8 Å². The van der Waals surface area contributed by atoms with Gasteiger partial charge in [0.05, 0.1) is 25.3 Å². The molecule has 0 saturated carbocycles. The molecular weight excluding hydrogens is 533 g/mol. The van der Waals surface area contributed by atoms with Gasteiger partial charge in [0.1, 0.15) is 49.5 Å². The lowest BCUT2D eigenvalue weighted by atomic mass is 9.74. The number of hydrogen-bond acceptors (Lipinski definition) is 9. The molecule has 204 valence electrons. The van der Waals surface area contributed by atoms with Crippen LogP contribution in [0.2, 0.25) is 0 Å². The summed E-state index contributed by atoms with van der Waals surface area (Å²) in [5.41, 5.74) is -3.98. The molecule has 4 N–H and O–H groups in total. The largest absolute Gasteiger partial charge is 0.508 e. The Balaban J connectivity index is 1.47. The van der Waals surface area contributed by atoms with Crippen LogP contribution < -0.4 is 31.9 Å². The van der Waals surface area contributed by atoms with Gasteiger partial charge in [0.25, 0.3) is 11.8 Å². The molecule has 3 heterocycles. The van der Waals surface area contributed by atoms with Crippen LogP contribution in [0.15, 0.2) is 0 Å². The molecule has 5 rings (SSSR count). The van der Waals surface area contributed by atoms with E-state index in [9.17, 15) is 29.7 Å². The van der Waals surface area contributed by atoms with E-state index in [4.69, 9.17) is 40.9 Å². The molecule has 0 aromatic heterocycles. The van der Waals surface area contributed by atoms with E-state index in [2.05, 4.69) is 0 Å². The zero-order chi connectivity index (χ0) is 29.8. The number of morpholine rings is 1. The van der Waals surface area contributed by atoms with Crippen molar-refractivity contribution < 1.29 is 43.6 Å². The van der Waals surface area contributed by atoms with Crippen LogP contribution in [0.4, 0.5) is 4.39 Å². The van der Waals surface area contributed by atoms with Crippen molar-refractivity contribution in [1.82, 2.24) is 15.1 Å². The van der Waals surface area contributed by atoms with Gasteiger partial charge in [-0.3, -0.25) is 29.5 Å². The molecule has 0 spiro atoms. The van der Waals surface area contributed by atoms with Crippen LogP contribution >= 0.6 is 0 Å². The molecular formula is C25H22B4FN3O8. The molecule has 0 aliphatic carbocycles. The van der Waals surface area contributed by atoms with Crippen LogP contribution in [-0.4, -0.2) is 106 Å². The van der Waals surface area contributed by atoms with Crippen LogP contribution in [0, 0.1) is 5.82 Å². The van der Waals surface area contributed by atoms with Crippen molar-refractivity contribution in [3.05, 3.63) is 28.1 Å². The number of phenolic OH excluding ortho intramolecular Hbond substituents is 2. The second-order valence-electron chi connectivity index (χ2n) is 10.1. The lowest BCUT2D eigenvalue weighted by molar-refractivity contribution is -0.168. The van der Waals surface area contributed by atoms with E-state index in [0.29, 0.717) is 26.3 Å². The topological polar surface area (TPSA) is 149 Å². The van der Waals surface area contributed by atoms with Gasteiger partial charge in [-0.25, -0.2) is 4.39 Å². The molecule has 1 atom stereocenters. The smallest absolute Gasteiger partial charge is 0.279 e. The minimum absolute atomic E-state index is 0.0427. The number of hydrogen-bond donors (Lipinski definition) is 4. The molecule has 11 nitrogen and oxygen atoms in total. The molecule has 3 aliphatic rings. The van der Waals surface area contributed by atoms with Crippen molar-refractivity contribution in [3.8, 4) is 17.2 Å². The third kappa shape index (κ3) is 4.77. The van der Waals surface area contributed by atoms with Gasteiger partial charge in [0.2, 0.25) is 11.6 Å². The number of benzene rings is 2. The van der Waals surface area contributed by atoms with Crippen molar-refractivity contribution in [1.29, 1.82) is 0 Å². The lowest BCUT2D eigenvalue weighted by Gasteiger charge is -2.37. The number of ether oxygens (including phenoxy) is 2. The first-order valence-electron chi connectivity index (χ1n) is 12.7. The Morgan fingerprint density at radius 3 is 2.29 bits per heavy atom. The fourth-order valence-corrected chi connectivity index (χ4v) is 5.24. The molecule has 2 aromatic rings. The Labute approximate surface area is 239 Å². The number of carbonyl (C=O) groups is 3. The Kier molecular flexibility index (Phi) is 7.60. The minimum atomic E-state index is -2.41. The standard InChI is InChI=1S/C25H22B4FN3O8/c26-15-11(7-32-3-5-40-6-4-32)20(35)19(30)12(16(15)27)9-41-22-10-8-33(25(39)2-1-13(34)31-24(25)38)23(37)14(10)21(36)17(28)18(22)29/h35-36,39H,1-9H2,(H,31,34,38). The second kappa shape index (κ2) is 10.7. The average molecular weight is 555 g/mol. The van der Waals surface area contributed by atoms with E-state index in [0.717, 1.165) is 4.90 Å². The van der Waals surface area contributed by atoms with Crippen molar-refractivity contribution >= 4 is 71.0 Å². The number of nitrogens with one attached hydrogen (secondary N) is 1. The highest BCUT2D eigenvalue weighted by molar-refractivity contribution is 6.52. The third-order valence-corrected chi connectivity index (χ3v) is 7.69. The number of imide groups is 1. The third-order valence-electron chi connectivity index (χ3n) is 7.69. The summed E-state index contributed by atoms with van der Waals surface area (Å²) in [7, 11) is 24.3. The highest BCUT2D eigenvalue weighted by Gasteiger charge is 2.52. The number of phenols is 2. The normalized spacial score (nSPS) is 21.2. The van der Waals surface area contributed by atoms with Crippen LogP contribution in [0.3, 0.4) is 0 Å². The first-order chi connectivity index (χ1) is 19.4. The maximum absolute atomic E-state index is 15.4. The number of aromatic hydroxyl groups is 2. The van der Waals surface area contributed by atoms with Gasteiger partial charge in [-0.15, -0.1) is 0 Å². The van der Waals surface area contributed by atoms with E-state index < -0.39 is 65.8 Å². The quantitative estimate of drug-likeness (QED) is 0.207. The molecule has 2 aromatic carbocycles. The SMILES string of the molecule is [B]c1c([B])c(OCc2c([B])c([B])c(CN3CCOCC3)c(O)c2F)c2c(c1O)C(=O)N(C1(O)CCC(=O)NC1=O)C2. The number of halogens is 1. The molecule has 0 bridgehead atoms. The minimum Gasteiger partial charge on any atom is -0.508 e. The average Bonchev–Trinajstić information content (AvgIpc) is 3.30.